The lowest BCUT2D eigenvalue weighted by Gasteiger charge is -2.14. The molecule has 7 nitrogen and oxygen atoms in total. The third kappa shape index (κ3) is 5.82. The maximum absolute atomic E-state index is 12.4. The van der Waals surface area contributed by atoms with Crippen molar-refractivity contribution in [2.75, 3.05) is 30.0 Å². The predicted octanol–water partition coefficient (Wildman–Crippen LogP) is 2.55. The summed E-state index contributed by atoms with van der Waals surface area (Å²) in [5, 5.41) is 0. The highest BCUT2D eigenvalue weighted by Crippen LogP contribution is 2.16. The maximum atomic E-state index is 12.4. The monoisotopic (exact) mass is 390 g/mol. The number of ether oxygens (including phenoxy) is 1. The largest absolute Gasteiger partial charge is 0.451 e. The third-order valence-corrected chi connectivity index (χ3v) is 4.35. The lowest BCUT2D eigenvalue weighted by atomic mass is 10.1. The van der Waals surface area contributed by atoms with Gasteiger partial charge in [-0.15, -0.1) is 0 Å². The first kappa shape index (κ1) is 20.4. The molecule has 0 aromatic heterocycles. The summed E-state index contributed by atoms with van der Waals surface area (Å²) in [4.78, 5) is 26.6. The zero-order chi connectivity index (χ0) is 20.2. The van der Waals surface area contributed by atoms with Crippen LogP contribution in [0.15, 0.2) is 48.5 Å². The normalized spacial score (nSPS) is 12.1. The Morgan fingerprint density at radius 1 is 0.963 bits per heavy atom. The average molecular weight is 390 g/mol. The molecule has 0 saturated carbocycles. The number of rotatable bonds is 7. The first-order chi connectivity index (χ1) is 12.6. The van der Waals surface area contributed by atoms with E-state index in [-0.39, 0.29) is 5.78 Å². The first-order valence-corrected chi connectivity index (χ1v) is 10.1. The lowest BCUT2D eigenvalue weighted by Crippen LogP contribution is -2.24. The molecule has 0 unspecified atom stereocenters. The summed E-state index contributed by atoms with van der Waals surface area (Å²) < 4.78 is 30.0. The van der Waals surface area contributed by atoms with Crippen LogP contribution in [0.5, 0.6) is 0 Å². The van der Waals surface area contributed by atoms with Gasteiger partial charge in [-0.25, -0.2) is 13.2 Å². The van der Waals surface area contributed by atoms with Crippen LogP contribution < -0.4 is 9.62 Å². The molecule has 0 aliphatic heterocycles. The fourth-order valence-electron chi connectivity index (χ4n) is 2.33. The number of ketones is 1. The second-order valence-electron chi connectivity index (χ2n) is 6.30. The third-order valence-electron chi connectivity index (χ3n) is 3.75. The van der Waals surface area contributed by atoms with E-state index in [0.29, 0.717) is 16.8 Å². The van der Waals surface area contributed by atoms with Crippen LogP contribution in [-0.2, 0) is 14.8 Å². The highest BCUT2D eigenvalue weighted by atomic mass is 32.2. The Morgan fingerprint density at radius 2 is 1.48 bits per heavy atom. The van der Waals surface area contributed by atoms with E-state index in [1.54, 1.807) is 24.3 Å². The highest BCUT2D eigenvalue weighted by Gasteiger charge is 2.20. The number of nitrogens with zero attached hydrogens (tertiary/aromatic N) is 1. The van der Waals surface area contributed by atoms with E-state index < -0.39 is 22.1 Å². The van der Waals surface area contributed by atoms with Crippen molar-refractivity contribution in [1.29, 1.82) is 0 Å². The molecule has 0 radical (unpaired) electrons. The molecule has 2 aromatic rings. The predicted molar refractivity (Wildman–Crippen MR) is 105 cm³/mol. The molecular weight excluding hydrogens is 368 g/mol. The first-order valence-electron chi connectivity index (χ1n) is 8.17. The Hall–Kier alpha value is -2.87. The van der Waals surface area contributed by atoms with Gasteiger partial charge >= 0.3 is 5.97 Å². The number of Topliss-reactive ketones (excluding diaryl/α,β-unsaturated/α-hetero) is 1. The minimum atomic E-state index is -3.39. The SMILES string of the molecule is C[C@@H](OC(=O)c1ccc(N(C)C)cc1)C(=O)c1ccc(NS(C)(=O)=O)cc1. The van der Waals surface area contributed by atoms with Crippen molar-refractivity contribution in [3.05, 3.63) is 59.7 Å². The second kappa shape index (κ2) is 8.22. The van der Waals surface area contributed by atoms with Crippen molar-refractivity contribution < 1.29 is 22.7 Å². The summed E-state index contributed by atoms with van der Waals surface area (Å²) in [6.07, 6.45) is 0.0679. The van der Waals surface area contributed by atoms with Gasteiger partial charge in [0.05, 0.1) is 11.8 Å². The molecule has 0 aliphatic carbocycles. The molecule has 0 saturated heterocycles. The minimum absolute atomic E-state index is 0.317. The number of anilines is 2. The number of benzene rings is 2. The molecule has 144 valence electrons. The van der Waals surface area contributed by atoms with Crippen LogP contribution in [0.2, 0.25) is 0 Å². The minimum Gasteiger partial charge on any atom is -0.451 e. The van der Waals surface area contributed by atoms with Gasteiger partial charge in [-0.3, -0.25) is 9.52 Å². The smallest absolute Gasteiger partial charge is 0.338 e. The van der Waals surface area contributed by atoms with Gasteiger partial charge in [0.1, 0.15) is 0 Å². The van der Waals surface area contributed by atoms with Gasteiger partial charge in [-0.2, -0.15) is 0 Å². The highest BCUT2D eigenvalue weighted by molar-refractivity contribution is 7.92. The van der Waals surface area contributed by atoms with Crippen LogP contribution in [0.25, 0.3) is 0 Å². The summed E-state index contributed by atoms with van der Waals surface area (Å²) in [6.45, 7) is 1.50. The summed E-state index contributed by atoms with van der Waals surface area (Å²) in [5.41, 5.74) is 1.96. The van der Waals surface area contributed by atoms with E-state index in [1.165, 1.54) is 31.2 Å². The zero-order valence-electron chi connectivity index (χ0n) is 15.6. The van der Waals surface area contributed by atoms with E-state index in [0.717, 1.165) is 11.9 Å². The van der Waals surface area contributed by atoms with E-state index in [9.17, 15) is 18.0 Å². The summed E-state index contributed by atoms with van der Waals surface area (Å²) >= 11 is 0. The fraction of sp³-hybridized carbons (Fsp3) is 0.263. The number of esters is 1. The summed E-state index contributed by atoms with van der Waals surface area (Å²) in [7, 11) is 0.398. The van der Waals surface area contributed by atoms with Crippen molar-refractivity contribution in [3.8, 4) is 0 Å². The Morgan fingerprint density at radius 3 is 1.96 bits per heavy atom. The van der Waals surface area contributed by atoms with Crippen LogP contribution in [0.3, 0.4) is 0 Å². The number of hydrogen-bond acceptors (Lipinski definition) is 6. The quantitative estimate of drug-likeness (QED) is 0.577. The number of hydrogen-bond donors (Lipinski definition) is 1. The van der Waals surface area contributed by atoms with Crippen molar-refractivity contribution in [1.82, 2.24) is 0 Å². The van der Waals surface area contributed by atoms with Gasteiger partial charge in [0.15, 0.2) is 6.10 Å². The van der Waals surface area contributed by atoms with Gasteiger partial charge in [0.25, 0.3) is 0 Å². The van der Waals surface area contributed by atoms with Crippen molar-refractivity contribution in [2.24, 2.45) is 0 Å². The average Bonchev–Trinajstić information content (AvgIpc) is 2.60. The molecule has 27 heavy (non-hydrogen) atoms. The van der Waals surface area contributed by atoms with Gasteiger partial charge in [-0.1, -0.05) is 0 Å². The van der Waals surface area contributed by atoms with E-state index in [2.05, 4.69) is 4.72 Å². The lowest BCUT2D eigenvalue weighted by molar-refractivity contribution is 0.0319. The molecule has 0 heterocycles. The zero-order valence-corrected chi connectivity index (χ0v) is 16.4. The summed E-state index contributed by atoms with van der Waals surface area (Å²) in [6, 6.07) is 12.8. The molecule has 0 spiro atoms. The van der Waals surface area contributed by atoms with Crippen molar-refractivity contribution >= 4 is 33.2 Å². The van der Waals surface area contributed by atoms with Crippen LogP contribution in [0.1, 0.15) is 27.6 Å². The van der Waals surface area contributed by atoms with Crippen LogP contribution in [0.4, 0.5) is 11.4 Å². The van der Waals surface area contributed by atoms with Crippen molar-refractivity contribution in [2.45, 2.75) is 13.0 Å². The molecule has 8 heteroatoms. The molecule has 1 N–H and O–H groups in total. The standard InChI is InChI=1S/C19H22N2O5S/c1-13(26-19(23)15-7-11-17(12-8-15)21(2)3)18(22)14-5-9-16(10-6-14)20-27(4,24)25/h5-13,20H,1-4H3/t13-/m1/s1. The van der Waals surface area contributed by atoms with Gasteiger partial charge in [0.2, 0.25) is 15.8 Å². The Kier molecular flexibility index (Phi) is 6.22. The molecule has 2 aromatic carbocycles. The molecular formula is C19H22N2O5S. The fourth-order valence-corrected chi connectivity index (χ4v) is 2.89. The number of carbonyl (C=O) groups excluding carboxylic acids is 2. The van der Waals surface area contributed by atoms with Crippen molar-refractivity contribution in [3.63, 3.8) is 0 Å². The second-order valence-corrected chi connectivity index (χ2v) is 8.05. The Bertz CT molecular complexity index is 920. The number of nitrogens with one attached hydrogen (secondary N) is 1. The van der Waals surface area contributed by atoms with Crippen LogP contribution >= 0.6 is 0 Å². The molecule has 0 bridgehead atoms. The molecule has 0 amide bonds. The Balaban J connectivity index is 2.03. The molecule has 0 fully saturated rings. The molecule has 1 atom stereocenters. The van der Waals surface area contributed by atoms with E-state index in [4.69, 9.17) is 4.74 Å². The van der Waals surface area contributed by atoms with Crippen LogP contribution in [0, 0.1) is 0 Å². The number of sulfonamides is 1. The number of carbonyl (C=O) groups is 2. The van der Waals surface area contributed by atoms with Gasteiger partial charge in [0, 0.05) is 31.0 Å². The van der Waals surface area contributed by atoms with Crippen LogP contribution in [-0.4, -0.2) is 46.6 Å². The topological polar surface area (TPSA) is 92.8 Å². The maximum Gasteiger partial charge on any atom is 0.338 e. The van der Waals surface area contributed by atoms with Gasteiger partial charge < -0.3 is 9.64 Å². The Labute approximate surface area is 159 Å². The van der Waals surface area contributed by atoms with Gasteiger partial charge in [-0.05, 0) is 55.5 Å². The van der Waals surface area contributed by atoms with E-state index >= 15 is 0 Å². The molecule has 0 aliphatic rings. The molecule has 2 rings (SSSR count). The summed E-state index contributed by atoms with van der Waals surface area (Å²) in [5.74, 6) is -0.962. The van der Waals surface area contributed by atoms with E-state index in [1.807, 2.05) is 19.0 Å².